The normalized spacial score (nSPS) is 19.6. The topological polar surface area (TPSA) is 63.7 Å². The average Bonchev–Trinajstić information content (AvgIpc) is 2.52. The van der Waals surface area contributed by atoms with Crippen molar-refractivity contribution in [1.82, 2.24) is 9.88 Å². The second kappa shape index (κ2) is 7.21. The summed E-state index contributed by atoms with van der Waals surface area (Å²) in [6.07, 6.45) is 1.76. The van der Waals surface area contributed by atoms with Gasteiger partial charge in [0, 0.05) is 31.5 Å². The van der Waals surface area contributed by atoms with Crippen molar-refractivity contribution in [2.75, 3.05) is 45.2 Å². The third-order valence-electron chi connectivity index (χ3n) is 3.36. The van der Waals surface area contributed by atoms with Crippen molar-refractivity contribution in [3.63, 3.8) is 0 Å². The highest BCUT2D eigenvalue weighted by molar-refractivity contribution is 5.88. The van der Waals surface area contributed by atoms with Crippen LogP contribution in [0.25, 0.3) is 0 Å². The number of nitrogens with zero attached hydrogens (tertiary/aromatic N) is 2. The molecule has 0 spiro atoms. The molecule has 1 N–H and O–H groups in total. The molecule has 1 fully saturated rings. The highest BCUT2D eigenvalue weighted by Gasteiger charge is 2.19. The molecule has 1 unspecified atom stereocenters. The van der Waals surface area contributed by atoms with E-state index in [9.17, 15) is 4.79 Å². The molecule has 1 aliphatic rings. The SMILES string of the molecule is CCN1CCOC(CNc2ccnc(C(=O)OC)c2)C1. The van der Waals surface area contributed by atoms with Gasteiger partial charge in [-0.15, -0.1) is 0 Å². The molecule has 0 amide bonds. The number of carbonyl (C=O) groups excluding carboxylic acids is 1. The van der Waals surface area contributed by atoms with E-state index in [-0.39, 0.29) is 6.10 Å². The van der Waals surface area contributed by atoms with Crippen molar-refractivity contribution in [2.24, 2.45) is 0 Å². The lowest BCUT2D eigenvalue weighted by Gasteiger charge is -2.32. The Labute approximate surface area is 119 Å². The van der Waals surface area contributed by atoms with E-state index in [0.29, 0.717) is 12.2 Å². The summed E-state index contributed by atoms with van der Waals surface area (Å²) >= 11 is 0. The number of hydrogen-bond acceptors (Lipinski definition) is 6. The number of carbonyl (C=O) groups is 1. The Bertz CT molecular complexity index is 453. The van der Waals surface area contributed by atoms with Gasteiger partial charge in [-0.3, -0.25) is 4.90 Å². The molecule has 0 aliphatic carbocycles. The average molecular weight is 279 g/mol. The summed E-state index contributed by atoms with van der Waals surface area (Å²) in [5.41, 5.74) is 1.15. The summed E-state index contributed by atoms with van der Waals surface area (Å²) in [6.45, 7) is 6.60. The quantitative estimate of drug-likeness (QED) is 0.811. The molecule has 6 heteroatoms. The number of rotatable bonds is 5. The van der Waals surface area contributed by atoms with Gasteiger partial charge in [-0.2, -0.15) is 0 Å². The van der Waals surface area contributed by atoms with E-state index in [2.05, 4.69) is 26.9 Å². The smallest absolute Gasteiger partial charge is 0.356 e. The number of hydrogen-bond donors (Lipinski definition) is 1. The van der Waals surface area contributed by atoms with Crippen LogP contribution in [0.2, 0.25) is 0 Å². The first kappa shape index (κ1) is 14.7. The van der Waals surface area contributed by atoms with E-state index in [0.717, 1.165) is 31.9 Å². The van der Waals surface area contributed by atoms with E-state index >= 15 is 0 Å². The molecule has 2 rings (SSSR count). The highest BCUT2D eigenvalue weighted by atomic mass is 16.5. The maximum atomic E-state index is 11.4. The van der Waals surface area contributed by atoms with E-state index in [1.54, 1.807) is 12.3 Å². The molecule has 2 heterocycles. The first-order chi connectivity index (χ1) is 9.72. The molecular weight excluding hydrogens is 258 g/mol. The zero-order valence-corrected chi connectivity index (χ0v) is 12.0. The molecule has 0 radical (unpaired) electrons. The van der Waals surface area contributed by atoms with E-state index in [1.807, 2.05) is 6.07 Å². The number of ether oxygens (including phenoxy) is 2. The monoisotopic (exact) mass is 279 g/mol. The van der Waals surface area contributed by atoms with Gasteiger partial charge in [0.25, 0.3) is 0 Å². The fourth-order valence-electron chi connectivity index (χ4n) is 2.18. The summed E-state index contributed by atoms with van der Waals surface area (Å²) < 4.78 is 10.4. The lowest BCUT2D eigenvalue weighted by atomic mass is 10.2. The third-order valence-corrected chi connectivity index (χ3v) is 3.36. The maximum Gasteiger partial charge on any atom is 0.356 e. The number of nitrogens with one attached hydrogen (secondary N) is 1. The Balaban J connectivity index is 1.89. The fraction of sp³-hybridized carbons (Fsp3) is 0.571. The van der Waals surface area contributed by atoms with Crippen molar-refractivity contribution in [3.05, 3.63) is 24.0 Å². The van der Waals surface area contributed by atoms with Crippen LogP contribution < -0.4 is 5.32 Å². The van der Waals surface area contributed by atoms with Crippen LogP contribution in [-0.2, 0) is 9.47 Å². The first-order valence-electron chi connectivity index (χ1n) is 6.85. The lowest BCUT2D eigenvalue weighted by Crippen LogP contribution is -2.45. The van der Waals surface area contributed by atoms with Crippen molar-refractivity contribution >= 4 is 11.7 Å². The molecule has 1 aromatic rings. The van der Waals surface area contributed by atoms with Gasteiger partial charge in [-0.25, -0.2) is 9.78 Å². The van der Waals surface area contributed by atoms with Crippen LogP contribution in [0.3, 0.4) is 0 Å². The second-order valence-electron chi connectivity index (χ2n) is 4.69. The summed E-state index contributed by atoms with van der Waals surface area (Å²) in [5.74, 6) is -0.431. The molecule has 0 bridgehead atoms. The van der Waals surface area contributed by atoms with Crippen LogP contribution >= 0.6 is 0 Å². The van der Waals surface area contributed by atoms with E-state index in [1.165, 1.54) is 7.11 Å². The summed E-state index contributed by atoms with van der Waals surface area (Å²) in [6, 6.07) is 3.51. The number of anilines is 1. The molecule has 6 nitrogen and oxygen atoms in total. The Kier molecular flexibility index (Phi) is 5.31. The third kappa shape index (κ3) is 3.91. The molecule has 1 saturated heterocycles. The van der Waals surface area contributed by atoms with Gasteiger partial charge in [-0.1, -0.05) is 6.92 Å². The largest absolute Gasteiger partial charge is 0.464 e. The van der Waals surface area contributed by atoms with Crippen LogP contribution in [-0.4, -0.2) is 61.9 Å². The molecule has 1 atom stereocenters. The molecule has 1 aromatic heterocycles. The summed E-state index contributed by atoms with van der Waals surface area (Å²) in [7, 11) is 1.35. The predicted molar refractivity (Wildman–Crippen MR) is 75.9 cm³/mol. The molecule has 110 valence electrons. The van der Waals surface area contributed by atoms with Crippen LogP contribution in [0.1, 0.15) is 17.4 Å². The Morgan fingerprint density at radius 2 is 2.50 bits per heavy atom. The van der Waals surface area contributed by atoms with Gasteiger partial charge in [0.1, 0.15) is 5.69 Å². The van der Waals surface area contributed by atoms with Gasteiger partial charge < -0.3 is 14.8 Å². The van der Waals surface area contributed by atoms with Crippen LogP contribution in [0.4, 0.5) is 5.69 Å². The van der Waals surface area contributed by atoms with Crippen molar-refractivity contribution in [2.45, 2.75) is 13.0 Å². The molecular formula is C14H21N3O3. The summed E-state index contributed by atoms with van der Waals surface area (Å²) in [4.78, 5) is 17.7. The minimum atomic E-state index is -0.431. The van der Waals surface area contributed by atoms with Crippen LogP contribution in [0, 0.1) is 0 Å². The first-order valence-corrected chi connectivity index (χ1v) is 6.85. The maximum absolute atomic E-state index is 11.4. The number of aromatic nitrogens is 1. The zero-order chi connectivity index (χ0) is 14.4. The Hall–Kier alpha value is -1.66. The van der Waals surface area contributed by atoms with Gasteiger partial charge >= 0.3 is 5.97 Å². The highest BCUT2D eigenvalue weighted by Crippen LogP contribution is 2.11. The number of likely N-dealkylation sites (N-methyl/N-ethyl adjacent to an activating group) is 1. The predicted octanol–water partition coefficient (Wildman–Crippen LogP) is 1.00. The molecule has 0 saturated carbocycles. The van der Waals surface area contributed by atoms with Crippen molar-refractivity contribution in [1.29, 1.82) is 0 Å². The Morgan fingerprint density at radius 3 is 3.25 bits per heavy atom. The fourth-order valence-corrected chi connectivity index (χ4v) is 2.18. The van der Waals surface area contributed by atoms with Gasteiger partial charge in [0.2, 0.25) is 0 Å². The van der Waals surface area contributed by atoms with Crippen molar-refractivity contribution < 1.29 is 14.3 Å². The molecule has 0 aromatic carbocycles. The van der Waals surface area contributed by atoms with Crippen LogP contribution in [0.5, 0.6) is 0 Å². The van der Waals surface area contributed by atoms with Gasteiger partial charge in [0.05, 0.1) is 19.8 Å². The number of pyridine rings is 1. The molecule has 1 aliphatic heterocycles. The zero-order valence-electron chi connectivity index (χ0n) is 12.0. The molecule has 20 heavy (non-hydrogen) atoms. The van der Waals surface area contributed by atoms with Gasteiger partial charge in [-0.05, 0) is 18.7 Å². The number of methoxy groups -OCH3 is 1. The lowest BCUT2D eigenvalue weighted by molar-refractivity contribution is -0.0191. The minimum Gasteiger partial charge on any atom is -0.464 e. The second-order valence-corrected chi connectivity index (χ2v) is 4.69. The standard InChI is InChI=1S/C14H21N3O3/c1-3-17-6-7-20-12(10-17)9-16-11-4-5-15-13(8-11)14(18)19-2/h4-5,8,12H,3,6-7,9-10H2,1-2H3,(H,15,16). The minimum absolute atomic E-state index is 0.165. The van der Waals surface area contributed by atoms with E-state index < -0.39 is 5.97 Å². The number of esters is 1. The van der Waals surface area contributed by atoms with Gasteiger partial charge in [0.15, 0.2) is 0 Å². The summed E-state index contributed by atoms with van der Waals surface area (Å²) in [5, 5.41) is 3.28. The van der Waals surface area contributed by atoms with E-state index in [4.69, 9.17) is 4.74 Å². The van der Waals surface area contributed by atoms with Crippen molar-refractivity contribution in [3.8, 4) is 0 Å². The number of morpholine rings is 1. The van der Waals surface area contributed by atoms with Crippen LogP contribution in [0.15, 0.2) is 18.3 Å². The Morgan fingerprint density at radius 1 is 1.65 bits per heavy atom.